The van der Waals surface area contributed by atoms with Crippen LogP contribution in [0.5, 0.6) is 0 Å². The third-order valence-corrected chi connectivity index (χ3v) is 5.75. The lowest BCUT2D eigenvalue weighted by Crippen LogP contribution is -2.19. The monoisotopic (exact) mass is 459 g/mol. The summed E-state index contributed by atoms with van der Waals surface area (Å²) in [5.74, 6) is 0. The zero-order chi connectivity index (χ0) is 22.3. The minimum absolute atomic E-state index is 0.0723. The molecule has 0 fully saturated rings. The van der Waals surface area contributed by atoms with E-state index >= 15 is 0 Å². The third kappa shape index (κ3) is 4.53. The summed E-state index contributed by atoms with van der Waals surface area (Å²) >= 11 is -2.51. The molecule has 0 saturated carbocycles. The maximum absolute atomic E-state index is 13.2. The van der Waals surface area contributed by atoms with Crippen molar-refractivity contribution in [3.05, 3.63) is 60.3 Å². The fourth-order valence-corrected chi connectivity index (χ4v) is 3.44. The van der Waals surface area contributed by atoms with E-state index in [2.05, 4.69) is 5.10 Å². The summed E-state index contributed by atoms with van der Waals surface area (Å²) in [6, 6.07) is 11.5. The summed E-state index contributed by atoms with van der Waals surface area (Å²) < 4.78 is 86.6. The molecule has 0 bridgehead atoms. The van der Waals surface area contributed by atoms with Gasteiger partial charge in [-0.2, -0.15) is 18.3 Å². The topological polar surface area (TPSA) is 121 Å². The Hall–Kier alpha value is -2.74. The number of halogens is 3. The Morgan fingerprint density at radius 1 is 1.10 bits per heavy atom. The second kappa shape index (κ2) is 7.83. The molecule has 2 aromatic carbocycles. The van der Waals surface area contributed by atoms with Gasteiger partial charge in [0.15, 0.2) is 5.69 Å². The van der Waals surface area contributed by atoms with Crippen LogP contribution in [0, 0.1) is 0 Å². The minimum Gasteiger partial charge on any atom is -0.755 e. The van der Waals surface area contributed by atoms with Crippen LogP contribution in [-0.4, -0.2) is 34.0 Å². The molecule has 0 aliphatic rings. The highest BCUT2D eigenvalue weighted by molar-refractivity contribution is 7.89. The van der Waals surface area contributed by atoms with Crippen molar-refractivity contribution in [2.45, 2.75) is 11.1 Å². The molecule has 1 atom stereocenters. The first-order chi connectivity index (χ1) is 13.9. The van der Waals surface area contributed by atoms with Crippen LogP contribution >= 0.6 is 0 Å². The van der Waals surface area contributed by atoms with Gasteiger partial charge in [-0.25, -0.2) is 18.2 Å². The number of nitrogens with two attached hydrogens (primary N) is 1. The average Bonchev–Trinajstić information content (AvgIpc) is 3.13. The van der Waals surface area contributed by atoms with E-state index < -0.39 is 33.2 Å². The standard InChI is InChI=1S/C17H15F3N4O4S2/c1-23(29(25)26)12-4-2-11(3-5-12)15-10-16(17(18,19)20)22-24(15)13-6-8-14(9-7-13)30(21,27)28/h2-10H,1H3,(H,25,26)(H2,21,27,28)/p-1. The number of hydrogen-bond donors (Lipinski definition) is 1. The summed E-state index contributed by atoms with van der Waals surface area (Å²) in [4.78, 5) is -0.200. The van der Waals surface area contributed by atoms with Crippen molar-refractivity contribution < 1.29 is 30.4 Å². The number of hydrogen-bond acceptors (Lipinski definition) is 5. The first kappa shape index (κ1) is 22.0. The minimum atomic E-state index is -4.71. The van der Waals surface area contributed by atoms with E-state index in [1.54, 1.807) is 0 Å². The Morgan fingerprint density at radius 3 is 2.13 bits per heavy atom. The molecular weight excluding hydrogens is 445 g/mol. The average molecular weight is 459 g/mol. The molecule has 0 amide bonds. The van der Waals surface area contributed by atoms with Crippen LogP contribution in [0.2, 0.25) is 0 Å². The lowest BCUT2D eigenvalue weighted by atomic mass is 10.1. The van der Waals surface area contributed by atoms with Gasteiger partial charge in [0.05, 0.1) is 16.3 Å². The van der Waals surface area contributed by atoms with Gasteiger partial charge in [-0.05, 0) is 42.5 Å². The second-order valence-corrected chi connectivity index (χ2v) is 8.67. The van der Waals surface area contributed by atoms with Crippen molar-refractivity contribution in [2.75, 3.05) is 11.4 Å². The van der Waals surface area contributed by atoms with E-state index in [0.717, 1.165) is 27.2 Å². The SMILES string of the molecule is CN(c1ccc(-c2cc(C(F)(F)F)nn2-c2ccc(S(N)(=O)=O)cc2)cc1)S(=O)[O-]. The predicted octanol–water partition coefficient (Wildman–Crippen LogP) is 2.44. The summed E-state index contributed by atoms with van der Waals surface area (Å²) in [6.07, 6.45) is -4.71. The first-order valence-corrected chi connectivity index (χ1v) is 10.7. The molecule has 0 aliphatic carbocycles. The highest BCUT2D eigenvalue weighted by atomic mass is 32.2. The molecule has 1 heterocycles. The second-order valence-electron chi connectivity index (χ2n) is 6.12. The highest BCUT2D eigenvalue weighted by Crippen LogP contribution is 2.34. The van der Waals surface area contributed by atoms with Crippen LogP contribution in [0.15, 0.2) is 59.5 Å². The zero-order valence-corrected chi connectivity index (χ0v) is 16.8. The highest BCUT2D eigenvalue weighted by Gasteiger charge is 2.35. The van der Waals surface area contributed by atoms with Gasteiger partial charge >= 0.3 is 6.18 Å². The molecule has 2 N–H and O–H groups in total. The molecule has 1 unspecified atom stereocenters. The molecule has 3 aromatic rings. The lowest BCUT2D eigenvalue weighted by molar-refractivity contribution is -0.141. The molecule has 0 spiro atoms. The Morgan fingerprint density at radius 2 is 1.67 bits per heavy atom. The molecule has 0 saturated heterocycles. The van der Waals surface area contributed by atoms with E-state index in [0.29, 0.717) is 11.3 Å². The largest absolute Gasteiger partial charge is 0.755 e. The lowest BCUT2D eigenvalue weighted by Gasteiger charge is -2.21. The number of sulfonamides is 1. The molecule has 0 aliphatic heterocycles. The van der Waals surface area contributed by atoms with Crippen molar-refractivity contribution in [2.24, 2.45) is 5.14 Å². The number of aromatic nitrogens is 2. The third-order valence-electron chi connectivity index (χ3n) is 4.16. The Kier molecular flexibility index (Phi) is 5.73. The van der Waals surface area contributed by atoms with Gasteiger partial charge in [-0.3, -0.25) is 4.21 Å². The molecular formula is C17H14F3N4O4S2-. The van der Waals surface area contributed by atoms with E-state index in [-0.39, 0.29) is 16.3 Å². The predicted molar refractivity (Wildman–Crippen MR) is 103 cm³/mol. The van der Waals surface area contributed by atoms with E-state index in [1.165, 1.54) is 43.4 Å². The summed E-state index contributed by atoms with van der Waals surface area (Å²) in [7, 11) is -2.65. The van der Waals surface area contributed by atoms with Crippen molar-refractivity contribution >= 4 is 27.0 Å². The maximum Gasteiger partial charge on any atom is 0.435 e. The first-order valence-electron chi connectivity index (χ1n) is 8.12. The molecule has 0 radical (unpaired) electrons. The van der Waals surface area contributed by atoms with Gasteiger partial charge in [-0.1, -0.05) is 12.1 Å². The fraction of sp³-hybridized carbons (Fsp3) is 0.118. The van der Waals surface area contributed by atoms with Crippen LogP contribution in [0.3, 0.4) is 0 Å². The van der Waals surface area contributed by atoms with E-state index in [1.807, 2.05) is 0 Å². The number of benzene rings is 2. The van der Waals surface area contributed by atoms with Crippen LogP contribution in [0.4, 0.5) is 18.9 Å². The van der Waals surface area contributed by atoms with E-state index in [4.69, 9.17) is 5.14 Å². The number of rotatable bonds is 5. The van der Waals surface area contributed by atoms with Gasteiger partial charge in [0, 0.05) is 29.6 Å². The summed E-state index contributed by atoms with van der Waals surface area (Å²) in [5, 5.41) is 8.65. The van der Waals surface area contributed by atoms with Gasteiger partial charge < -0.3 is 8.86 Å². The molecule has 160 valence electrons. The normalized spacial score (nSPS) is 13.3. The molecule has 13 heteroatoms. The number of alkyl halides is 3. The molecule has 8 nitrogen and oxygen atoms in total. The summed E-state index contributed by atoms with van der Waals surface area (Å²) in [5.41, 5.74) is -0.248. The van der Waals surface area contributed by atoms with Crippen molar-refractivity contribution in [3.8, 4) is 16.9 Å². The van der Waals surface area contributed by atoms with Gasteiger partial charge in [0.1, 0.15) is 0 Å². The van der Waals surface area contributed by atoms with Gasteiger partial charge in [0.2, 0.25) is 10.0 Å². The number of primary sulfonamides is 1. The van der Waals surface area contributed by atoms with Gasteiger partial charge in [0.25, 0.3) is 0 Å². The van der Waals surface area contributed by atoms with E-state index in [9.17, 15) is 30.4 Å². The van der Waals surface area contributed by atoms with Crippen LogP contribution in [0.1, 0.15) is 5.69 Å². The smallest absolute Gasteiger partial charge is 0.435 e. The van der Waals surface area contributed by atoms with Crippen molar-refractivity contribution in [1.82, 2.24) is 9.78 Å². The number of nitrogens with zero attached hydrogens (tertiary/aromatic N) is 3. The van der Waals surface area contributed by atoms with Crippen LogP contribution in [0.25, 0.3) is 16.9 Å². The zero-order valence-electron chi connectivity index (χ0n) is 15.2. The quantitative estimate of drug-likeness (QED) is 0.588. The van der Waals surface area contributed by atoms with Crippen molar-refractivity contribution in [1.29, 1.82) is 0 Å². The Bertz CT molecular complexity index is 1190. The maximum atomic E-state index is 13.2. The van der Waals surface area contributed by atoms with Crippen LogP contribution in [-0.2, 0) is 27.5 Å². The fourth-order valence-electron chi connectivity index (χ4n) is 2.63. The number of anilines is 1. The van der Waals surface area contributed by atoms with Gasteiger partial charge in [-0.15, -0.1) is 0 Å². The Balaban J connectivity index is 2.10. The molecule has 3 rings (SSSR count). The molecule has 1 aromatic heterocycles. The van der Waals surface area contributed by atoms with Crippen LogP contribution < -0.4 is 9.44 Å². The Labute approximate surface area is 172 Å². The van der Waals surface area contributed by atoms with Crippen molar-refractivity contribution in [3.63, 3.8) is 0 Å². The molecule has 30 heavy (non-hydrogen) atoms. The summed E-state index contributed by atoms with van der Waals surface area (Å²) in [6.45, 7) is 0.